The quantitative estimate of drug-likeness (QED) is 0.780. The molecule has 0 unspecified atom stereocenters. The molecule has 0 amide bonds. The van der Waals surface area contributed by atoms with Crippen molar-refractivity contribution in [1.29, 1.82) is 0 Å². The molecule has 0 fully saturated rings. The van der Waals surface area contributed by atoms with Gasteiger partial charge in [-0.25, -0.2) is 4.39 Å². The number of rotatable bonds is 1. The van der Waals surface area contributed by atoms with E-state index in [9.17, 15) is 4.39 Å². The molecule has 0 bridgehead atoms. The number of nitrogens with two attached hydrogens (primary N) is 1. The summed E-state index contributed by atoms with van der Waals surface area (Å²) in [4.78, 5) is 0. The molecule has 0 spiro atoms. The van der Waals surface area contributed by atoms with Gasteiger partial charge in [-0.2, -0.15) is 0 Å². The van der Waals surface area contributed by atoms with Crippen LogP contribution in [0.5, 0.6) is 0 Å². The number of nitrogen functional groups attached to an aromatic ring is 1. The van der Waals surface area contributed by atoms with Crippen LogP contribution >= 0.6 is 15.9 Å². The summed E-state index contributed by atoms with van der Waals surface area (Å²) in [6.45, 7) is 0. The highest BCUT2D eigenvalue weighted by atomic mass is 79.9. The van der Waals surface area contributed by atoms with Gasteiger partial charge in [0.2, 0.25) is 0 Å². The monoisotopic (exact) mass is 265 g/mol. The highest BCUT2D eigenvalue weighted by Gasteiger charge is 2.04. The Bertz CT molecular complexity index is 497. The van der Waals surface area contributed by atoms with Crippen molar-refractivity contribution < 1.29 is 4.39 Å². The number of anilines is 1. The SMILES string of the molecule is Nc1ccc(F)cc1-c1cccc(Br)c1. The summed E-state index contributed by atoms with van der Waals surface area (Å²) >= 11 is 3.37. The molecule has 76 valence electrons. The lowest BCUT2D eigenvalue weighted by molar-refractivity contribution is 0.628. The van der Waals surface area contributed by atoms with Crippen molar-refractivity contribution in [2.75, 3.05) is 5.73 Å². The van der Waals surface area contributed by atoms with E-state index < -0.39 is 0 Å². The summed E-state index contributed by atoms with van der Waals surface area (Å²) in [5.41, 5.74) is 7.99. The molecule has 2 aromatic rings. The number of benzene rings is 2. The molecule has 1 nitrogen and oxygen atoms in total. The summed E-state index contributed by atoms with van der Waals surface area (Å²) in [7, 11) is 0. The van der Waals surface area contributed by atoms with Gasteiger partial charge >= 0.3 is 0 Å². The molecule has 0 aliphatic carbocycles. The van der Waals surface area contributed by atoms with E-state index in [4.69, 9.17) is 5.73 Å². The highest BCUT2D eigenvalue weighted by Crippen LogP contribution is 2.28. The first-order valence-corrected chi connectivity index (χ1v) is 5.27. The van der Waals surface area contributed by atoms with Gasteiger partial charge in [0.15, 0.2) is 0 Å². The molecule has 0 atom stereocenters. The van der Waals surface area contributed by atoms with Crippen molar-refractivity contribution in [3.8, 4) is 11.1 Å². The zero-order valence-electron chi connectivity index (χ0n) is 7.87. The molecule has 0 aliphatic rings. The summed E-state index contributed by atoms with van der Waals surface area (Å²) in [5.74, 6) is -0.279. The molecule has 0 aliphatic heterocycles. The van der Waals surface area contributed by atoms with Crippen LogP contribution in [0.4, 0.5) is 10.1 Å². The average molecular weight is 266 g/mol. The predicted molar refractivity (Wildman–Crippen MR) is 63.9 cm³/mol. The first-order valence-electron chi connectivity index (χ1n) is 4.48. The van der Waals surface area contributed by atoms with Gasteiger partial charge in [0.05, 0.1) is 0 Å². The summed E-state index contributed by atoms with van der Waals surface area (Å²) in [6, 6.07) is 12.0. The molecule has 0 radical (unpaired) electrons. The van der Waals surface area contributed by atoms with Gasteiger partial charge in [-0.1, -0.05) is 28.1 Å². The fourth-order valence-electron chi connectivity index (χ4n) is 1.43. The van der Waals surface area contributed by atoms with E-state index in [2.05, 4.69) is 15.9 Å². The number of hydrogen-bond donors (Lipinski definition) is 1. The standard InChI is InChI=1S/C12H9BrFN/c13-9-3-1-2-8(6-9)11-7-10(14)4-5-12(11)15/h1-7H,15H2. The van der Waals surface area contributed by atoms with Crippen LogP contribution in [0.1, 0.15) is 0 Å². The normalized spacial score (nSPS) is 10.3. The van der Waals surface area contributed by atoms with E-state index in [1.54, 1.807) is 6.07 Å². The molecule has 0 heterocycles. The average Bonchev–Trinajstić information content (AvgIpc) is 2.22. The molecule has 2 N–H and O–H groups in total. The Kier molecular flexibility index (Phi) is 2.73. The van der Waals surface area contributed by atoms with E-state index in [-0.39, 0.29) is 5.82 Å². The van der Waals surface area contributed by atoms with E-state index in [0.29, 0.717) is 5.69 Å². The maximum Gasteiger partial charge on any atom is 0.123 e. The van der Waals surface area contributed by atoms with Crippen molar-refractivity contribution in [1.82, 2.24) is 0 Å². The third-order valence-electron chi connectivity index (χ3n) is 2.15. The topological polar surface area (TPSA) is 26.0 Å². The molecular weight excluding hydrogens is 257 g/mol. The predicted octanol–water partition coefficient (Wildman–Crippen LogP) is 3.84. The summed E-state index contributed by atoms with van der Waals surface area (Å²) in [6.07, 6.45) is 0. The largest absolute Gasteiger partial charge is 0.398 e. The van der Waals surface area contributed by atoms with E-state index in [1.165, 1.54) is 12.1 Å². The fraction of sp³-hybridized carbons (Fsp3) is 0. The van der Waals surface area contributed by atoms with Crippen molar-refractivity contribution in [2.45, 2.75) is 0 Å². The van der Waals surface area contributed by atoms with Crippen LogP contribution in [0.3, 0.4) is 0 Å². The number of halogens is 2. The molecule has 15 heavy (non-hydrogen) atoms. The Morgan fingerprint density at radius 2 is 1.87 bits per heavy atom. The van der Waals surface area contributed by atoms with Crippen molar-refractivity contribution in [3.05, 3.63) is 52.8 Å². The van der Waals surface area contributed by atoms with Gasteiger partial charge in [-0.15, -0.1) is 0 Å². The van der Waals surface area contributed by atoms with Crippen LogP contribution in [-0.2, 0) is 0 Å². The van der Waals surface area contributed by atoms with E-state index >= 15 is 0 Å². The molecular formula is C12H9BrFN. The molecule has 2 rings (SSSR count). The van der Waals surface area contributed by atoms with E-state index in [1.807, 2.05) is 24.3 Å². The lowest BCUT2D eigenvalue weighted by Gasteiger charge is -2.06. The van der Waals surface area contributed by atoms with Crippen molar-refractivity contribution >= 4 is 21.6 Å². The summed E-state index contributed by atoms with van der Waals surface area (Å²) < 4.78 is 14.0. The summed E-state index contributed by atoms with van der Waals surface area (Å²) in [5, 5.41) is 0. The maximum absolute atomic E-state index is 13.1. The van der Waals surface area contributed by atoms with Gasteiger partial charge in [0, 0.05) is 15.7 Å². The van der Waals surface area contributed by atoms with Gasteiger partial charge in [-0.3, -0.25) is 0 Å². The lowest BCUT2D eigenvalue weighted by atomic mass is 10.0. The van der Waals surface area contributed by atoms with Crippen molar-refractivity contribution in [3.63, 3.8) is 0 Å². The van der Waals surface area contributed by atoms with Crippen LogP contribution in [0.25, 0.3) is 11.1 Å². The van der Waals surface area contributed by atoms with Crippen LogP contribution in [0.2, 0.25) is 0 Å². The van der Waals surface area contributed by atoms with Crippen LogP contribution in [-0.4, -0.2) is 0 Å². The Morgan fingerprint density at radius 1 is 1.07 bits per heavy atom. The second-order valence-electron chi connectivity index (χ2n) is 3.24. The molecule has 3 heteroatoms. The third kappa shape index (κ3) is 2.18. The molecule has 0 saturated heterocycles. The first kappa shape index (κ1) is 10.2. The second-order valence-corrected chi connectivity index (χ2v) is 4.16. The van der Waals surface area contributed by atoms with Gasteiger partial charge < -0.3 is 5.73 Å². The van der Waals surface area contributed by atoms with Crippen LogP contribution < -0.4 is 5.73 Å². The van der Waals surface area contributed by atoms with Crippen molar-refractivity contribution in [2.24, 2.45) is 0 Å². The molecule has 0 saturated carbocycles. The van der Waals surface area contributed by atoms with Gasteiger partial charge in [0.1, 0.15) is 5.82 Å². The number of hydrogen-bond acceptors (Lipinski definition) is 1. The van der Waals surface area contributed by atoms with Gasteiger partial charge in [-0.05, 0) is 35.9 Å². The Balaban J connectivity index is 2.58. The Hall–Kier alpha value is -1.35. The third-order valence-corrected chi connectivity index (χ3v) is 2.64. The Morgan fingerprint density at radius 3 is 2.60 bits per heavy atom. The van der Waals surface area contributed by atoms with E-state index in [0.717, 1.165) is 15.6 Å². The first-order chi connectivity index (χ1) is 7.16. The second kappa shape index (κ2) is 4.03. The molecule has 0 aromatic heterocycles. The van der Waals surface area contributed by atoms with Gasteiger partial charge in [0.25, 0.3) is 0 Å². The minimum absolute atomic E-state index is 0.279. The highest BCUT2D eigenvalue weighted by molar-refractivity contribution is 9.10. The lowest BCUT2D eigenvalue weighted by Crippen LogP contribution is -1.90. The fourth-order valence-corrected chi connectivity index (χ4v) is 1.83. The zero-order chi connectivity index (χ0) is 10.8. The Labute approximate surface area is 95.9 Å². The minimum Gasteiger partial charge on any atom is -0.398 e. The smallest absolute Gasteiger partial charge is 0.123 e. The zero-order valence-corrected chi connectivity index (χ0v) is 9.46. The minimum atomic E-state index is -0.279. The maximum atomic E-state index is 13.1. The molecule has 2 aromatic carbocycles. The van der Waals surface area contributed by atoms with Crippen LogP contribution in [0.15, 0.2) is 46.9 Å². The van der Waals surface area contributed by atoms with Crippen LogP contribution in [0, 0.1) is 5.82 Å².